The van der Waals surface area contributed by atoms with Crippen LogP contribution in [-0.2, 0) is 10.2 Å². The number of nitrogens with two attached hydrogens (primary N) is 1. The molecule has 2 aromatic carbocycles. The van der Waals surface area contributed by atoms with Crippen molar-refractivity contribution in [2.75, 3.05) is 5.32 Å². The van der Waals surface area contributed by atoms with Crippen LogP contribution in [0.5, 0.6) is 5.75 Å². The molecular weight excluding hydrogens is 440 g/mol. The number of carboxylic acids is 1. The van der Waals surface area contributed by atoms with Crippen molar-refractivity contribution in [3.8, 4) is 5.75 Å². The maximum atomic E-state index is 11.6. The summed E-state index contributed by atoms with van der Waals surface area (Å²) >= 11 is 0. The molecule has 7 heteroatoms. The molecule has 4 rings (SSSR count). The monoisotopic (exact) mass is 470 g/mol. The standard InChI is InChI=1S/C28H30N4O3/c1-28(2,27(33)34)20-10-6-13-22(16-20)32-25-17-23(14-15-30-25)35-24(18-31-21-11-7-12-21)26(29)19-8-4-3-5-9-19/h3-6,8-10,13-18,21H,7,11-12,29H2,1-2H3,(H,30,32)(H,33,34)/b26-24+,31-18?. The van der Waals surface area contributed by atoms with Gasteiger partial charge in [-0.25, -0.2) is 4.98 Å². The molecule has 1 saturated carbocycles. The molecule has 0 aliphatic heterocycles. The second-order valence-corrected chi connectivity index (χ2v) is 9.12. The van der Waals surface area contributed by atoms with E-state index in [1.165, 1.54) is 6.42 Å². The van der Waals surface area contributed by atoms with Gasteiger partial charge in [-0.15, -0.1) is 0 Å². The number of pyridine rings is 1. The van der Waals surface area contributed by atoms with Crippen LogP contribution >= 0.6 is 0 Å². The topological polar surface area (TPSA) is 110 Å². The summed E-state index contributed by atoms with van der Waals surface area (Å²) < 4.78 is 6.19. The SMILES string of the molecule is CC(C)(C(=O)O)c1cccc(Nc2cc(O/C(C=NC3CCC3)=C(/N)c3ccccc3)ccn2)c1. The van der Waals surface area contributed by atoms with E-state index in [1.54, 1.807) is 44.5 Å². The van der Waals surface area contributed by atoms with Gasteiger partial charge in [0.1, 0.15) is 11.6 Å². The molecule has 1 fully saturated rings. The first-order valence-electron chi connectivity index (χ1n) is 11.7. The number of hydrogen-bond acceptors (Lipinski definition) is 6. The van der Waals surface area contributed by atoms with Crippen molar-refractivity contribution >= 4 is 29.4 Å². The Morgan fingerprint density at radius 3 is 2.60 bits per heavy atom. The van der Waals surface area contributed by atoms with Crippen molar-refractivity contribution in [2.45, 2.75) is 44.6 Å². The van der Waals surface area contributed by atoms with Crippen LogP contribution in [0.1, 0.15) is 44.2 Å². The summed E-state index contributed by atoms with van der Waals surface area (Å²) in [7, 11) is 0. The lowest BCUT2D eigenvalue weighted by Gasteiger charge is -2.21. The Morgan fingerprint density at radius 2 is 1.91 bits per heavy atom. The smallest absolute Gasteiger partial charge is 0.313 e. The number of aliphatic carboxylic acids is 1. The van der Waals surface area contributed by atoms with Gasteiger partial charge in [-0.1, -0.05) is 42.5 Å². The third-order valence-electron chi connectivity index (χ3n) is 6.18. The van der Waals surface area contributed by atoms with E-state index in [4.69, 9.17) is 10.5 Å². The molecule has 180 valence electrons. The highest BCUT2D eigenvalue weighted by Gasteiger charge is 2.29. The lowest BCUT2D eigenvalue weighted by Crippen LogP contribution is -2.28. The highest BCUT2D eigenvalue weighted by molar-refractivity contribution is 5.88. The van der Waals surface area contributed by atoms with E-state index >= 15 is 0 Å². The Labute approximate surface area is 205 Å². The van der Waals surface area contributed by atoms with Gasteiger partial charge in [0.25, 0.3) is 0 Å². The van der Waals surface area contributed by atoms with Crippen LogP contribution in [-0.4, -0.2) is 28.3 Å². The van der Waals surface area contributed by atoms with Gasteiger partial charge in [0.2, 0.25) is 0 Å². The number of carboxylic acid groups (broad SMARTS) is 1. The summed E-state index contributed by atoms with van der Waals surface area (Å²) in [4.78, 5) is 20.7. The summed E-state index contributed by atoms with van der Waals surface area (Å²) in [6.45, 7) is 3.36. The lowest BCUT2D eigenvalue weighted by molar-refractivity contribution is -0.142. The number of ether oxygens (including phenoxy) is 1. The summed E-state index contributed by atoms with van der Waals surface area (Å²) in [5.41, 5.74) is 8.23. The molecule has 1 aliphatic rings. The Hall–Kier alpha value is -4.13. The number of hydrogen-bond donors (Lipinski definition) is 3. The molecule has 0 saturated heterocycles. The van der Waals surface area contributed by atoms with E-state index in [0.29, 0.717) is 34.6 Å². The number of nitrogens with one attached hydrogen (secondary N) is 1. The molecule has 0 radical (unpaired) electrons. The van der Waals surface area contributed by atoms with Gasteiger partial charge in [0.05, 0.1) is 23.4 Å². The Bertz CT molecular complexity index is 1250. The first kappa shape index (κ1) is 24.0. The van der Waals surface area contributed by atoms with Crippen LogP contribution < -0.4 is 15.8 Å². The maximum Gasteiger partial charge on any atom is 0.313 e. The van der Waals surface area contributed by atoms with Gasteiger partial charge < -0.3 is 20.9 Å². The van der Waals surface area contributed by atoms with Crippen LogP contribution in [0.3, 0.4) is 0 Å². The molecule has 7 nitrogen and oxygen atoms in total. The second-order valence-electron chi connectivity index (χ2n) is 9.12. The molecule has 1 aliphatic carbocycles. The van der Waals surface area contributed by atoms with Gasteiger partial charge in [-0.2, -0.15) is 0 Å². The number of carbonyl (C=O) groups is 1. The summed E-state index contributed by atoms with van der Waals surface area (Å²) in [5, 5.41) is 12.8. The quantitative estimate of drug-likeness (QED) is 0.281. The fourth-order valence-corrected chi connectivity index (χ4v) is 3.55. The minimum atomic E-state index is -1.01. The van der Waals surface area contributed by atoms with Gasteiger partial charge in [0, 0.05) is 23.5 Å². The van der Waals surface area contributed by atoms with Gasteiger partial charge in [0.15, 0.2) is 5.76 Å². The van der Waals surface area contributed by atoms with E-state index < -0.39 is 11.4 Å². The summed E-state index contributed by atoms with van der Waals surface area (Å²) in [6.07, 6.45) is 6.71. The number of aliphatic imine (C=N–C) groups is 1. The average Bonchev–Trinajstić information content (AvgIpc) is 2.83. The number of anilines is 2. The lowest BCUT2D eigenvalue weighted by atomic mass is 9.84. The number of benzene rings is 2. The fraction of sp³-hybridized carbons (Fsp3) is 0.250. The van der Waals surface area contributed by atoms with Crippen molar-refractivity contribution in [3.63, 3.8) is 0 Å². The van der Waals surface area contributed by atoms with Crippen LogP contribution in [0, 0.1) is 0 Å². The predicted octanol–water partition coefficient (Wildman–Crippen LogP) is 5.52. The normalized spacial score (nSPS) is 14.8. The van der Waals surface area contributed by atoms with Crippen LogP contribution in [0.15, 0.2) is 83.7 Å². The number of allylic oxidation sites excluding steroid dienone is 1. The molecule has 0 bridgehead atoms. The van der Waals surface area contributed by atoms with Gasteiger partial charge in [-0.3, -0.25) is 9.79 Å². The van der Waals surface area contributed by atoms with E-state index in [1.807, 2.05) is 48.5 Å². The number of nitrogens with zero attached hydrogens (tertiary/aromatic N) is 2. The Morgan fingerprint density at radius 1 is 1.14 bits per heavy atom. The average molecular weight is 471 g/mol. The predicted molar refractivity (Wildman–Crippen MR) is 139 cm³/mol. The second kappa shape index (κ2) is 10.4. The maximum absolute atomic E-state index is 11.6. The number of aromatic nitrogens is 1. The zero-order valence-electron chi connectivity index (χ0n) is 19.9. The van der Waals surface area contributed by atoms with E-state index in [9.17, 15) is 9.90 Å². The van der Waals surface area contributed by atoms with Crippen LogP contribution in [0.4, 0.5) is 11.5 Å². The van der Waals surface area contributed by atoms with Crippen molar-refractivity contribution in [2.24, 2.45) is 10.7 Å². The molecule has 0 amide bonds. The van der Waals surface area contributed by atoms with Crippen molar-refractivity contribution < 1.29 is 14.6 Å². The minimum Gasteiger partial charge on any atom is -0.481 e. The first-order chi connectivity index (χ1) is 16.8. The molecule has 3 aromatic rings. The molecular formula is C28H30N4O3. The molecule has 4 N–H and O–H groups in total. The largest absolute Gasteiger partial charge is 0.481 e. The number of rotatable bonds is 9. The minimum absolute atomic E-state index is 0.314. The van der Waals surface area contributed by atoms with E-state index in [-0.39, 0.29) is 0 Å². The Balaban J connectivity index is 1.57. The highest BCUT2D eigenvalue weighted by Crippen LogP contribution is 2.28. The molecule has 35 heavy (non-hydrogen) atoms. The molecule has 1 heterocycles. The molecule has 1 aromatic heterocycles. The van der Waals surface area contributed by atoms with Crippen molar-refractivity contribution in [1.29, 1.82) is 0 Å². The zero-order valence-corrected chi connectivity index (χ0v) is 19.9. The van der Waals surface area contributed by atoms with Crippen molar-refractivity contribution in [1.82, 2.24) is 4.98 Å². The Kier molecular flexibility index (Phi) is 7.15. The first-order valence-corrected chi connectivity index (χ1v) is 11.7. The van der Waals surface area contributed by atoms with E-state index in [0.717, 1.165) is 24.1 Å². The molecule has 0 unspecified atom stereocenters. The van der Waals surface area contributed by atoms with Gasteiger partial charge >= 0.3 is 5.97 Å². The molecule has 0 spiro atoms. The van der Waals surface area contributed by atoms with Crippen LogP contribution in [0.2, 0.25) is 0 Å². The third kappa shape index (κ3) is 5.87. The fourth-order valence-electron chi connectivity index (χ4n) is 3.55. The van der Waals surface area contributed by atoms with Gasteiger partial charge in [-0.05, 0) is 56.9 Å². The van der Waals surface area contributed by atoms with Crippen LogP contribution in [0.25, 0.3) is 5.70 Å². The van der Waals surface area contributed by atoms with E-state index in [2.05, 4.69) is 15.3 Å². The zero-order chi connectivity index (χ0) is 24.8. The molecule has 0 atom stereocenters. The highest BCUT2D eigenvalue weighted by atomic mass is 16.5. The third-order valence-corrected chi connectivity index (χ3v) is 6.18. The van der Waals surface area contributed by atoms with Crippen molar-refractivity contribution in [3.05, 3.63) is 89.8 Å². The summed E-state index contributed by atoms with van der Waals surface area (Å²) in [5.74, 6) is 0.701. The summed E-state index contributed by atoms with van der Waals surface area (Å²) in [6, 6.07) is 20.8.